The molecule has 0 aliphatic carbocycles. The van der Waals surface area contributed by atoms with E-state index in [2.05, 4.69) is 13.2 Å². The third kappa shape index (κ3) is 3.43. The van der Waals surface area contributed by atoms with Gasteiger partial charge in [0.25, 0.3) is 0 Å². The molecule has 2 heteroatoms. The molecule has 0 radical (unpaired) electrons. The van der Waals surface area contributed by atoms with E-state index in [1.165, 1.54) is 0 Å². The van der Waals surface area contributed by atoms with Crippen LogP contribution in [0, 0.1) is 0 Å². The lowest BCUT2D eigenvalue weighted by molar-refractivity contribution is 0.201. The molecule has 0 amide bonds. The Kier molecular flexibility index (Phi) is 4.89. The molecule has 0 aromatic carbocycles. The number of aliphatic hydroxyl groups is 2. The smallest absolute Gasteiger partial charge is 0.0782 e. The van der Waals surface area contributed by atoms with Crippen LogP contribution >= 0.6 is 0 Å². The van der Waals surface area contributed by atoms with Gasteiger partial charge in [-0.1, -0.05) is 12.7 Å². The number of hydrogen-bond acceptors (Lipinski definition) is 2. The number of aliphatic hydroxyl groups excluding tert-OH is 2. The molecule has 1 unspecified atom stereocenters. The fourth-order valence-electron chi connectivity index (χ4n) is 0.635. The van der Waals surface area contributed by atoms with Gasteiger partial charge in [-0.2, -0.15) is 0 Å². The van der Waals surface area contributed by atoms with E-state index >= 15 is 0 Å². The number of hydrogen-bond donors (Lipinski definition) is 2. The highest BCUT2D eigenvalue weighted by Crippen LogP contribution is 2.07. The zero-order valence-corrected chi connectivity index (χ0v) is 6.08. The minimum atomic E-state index is -0.537. The van der Waals surface area contributed by atoms with Crippen LogP contribution < -0.4 is 0 Å². The summed E-state index contributed by atoms with van der Waals surface area (Å²) in [5.41, 5.74) is 0.669. The summed E-state index contributed by atoms with van der Waals surface area (Å²) in [4.78, 5) is 0. The van der Waals surface area contributed by atoms with Gasteiger partial charge in [0.05, 0.1) is 6.10 Å². The van der Waals surface area contributed by atoms with Gasteiger partial charge in [-0.05, 0) is 18.4 Å². The lowest BCUT2D eigenvalue weighted by Crippen LogP contribution is -2.08. The predicted molar refractivity (Wildman–Crippen MR) is 41.7 cm³/mol. The van der Waals surface area contributed by atoms with Crippen molar-refractivity contribution in [1.29, 1.82) is 0 Å². The molecular weight excluding hydrogens is 128 g/mol. The Labute approximate surface area is 61.5 Å². The molecule has 0 aromatic rings. The van der Waals surface area contributed by atoms with Gasteiger partial charge in [0.15, 0.2) is 0 Å². The molecule has 0 saturated heterocycles. The molecule has 0 rings (SSSR count). The molecule has 0 fully saturated rings. The Morgan fingerprint density at radius 3 is 2.60 bits per heavy atom. The highest BCUT2D eigenvalue weighted by Gasteiger charge is 2.04. The van der Waals surface area contributed by atoms with E-state index in [9.17, 15) is 0 Å². The largest absolute Gasteiger partial charge is 0.396 e. The van der Waals surface area contributed by atoms with Crippen molar-refractivity contribution in [3.8, 4) is 0 Å². The summed E-state index contributed by atoms with van der Waals surface area (Å²) in [6.07, 6.45) is 2.07. The van der Waals surface area contributed by atoms with Gasteiger partial charge in [-0.25, -0.2) is 0 Å². The second kappa shape index (κ2) is 5.21. The quantitative estimate of drug-likeness (QED) is 0.559. The molecule has 1 atom stereocenters. The van der Waals surface area contributed by atoms with Crippen molar-refractivity contribution in [1.82, 2.24) is 0 Å². The van der Waals surface area contributed by atoms with Gasteiger partial charge in [-0.15, -0.1) is 6.58 Å². The van der Waals surface area contributed by atoms with Crippen LogP contribution in [0.4, 0.5) is 0 Å². The fourth-order valence-corrected chi connectivity index (χ4v) is 0.635. The summed E-state index contributed by atoms with van der Waals surface area (Å²) in [5, 5.41) is 17.6. The third-order valence-electron chi connectivity index (χ3n) is 1.29. The van der Waals surface area contributed by atoms with E-state index in [1.54, 1.807) is 6.08 Å². The first-order valence-electron chi connectivity index (χ1n) is 3.29. The highest BCUT2D eigenvalue weighted by molar-refractivity contribution is 5.03. The molecule has 0 aliphatic rings. The van der Waals surface area contributed by atoms with Crippen molar-refractivity contribution in [2.45, 2.75) is 18.9 Å². The Morgan fingerprint density at radius 2 is 2.20 bits per heavy atom. The monoisotopic (exact) mass is 142 g/mol. The summed E-state index contributed by atoms with van der Waals surface area (Å²) in [7, 11) is 0. The zero-order chi connectivity index (χ0) is 7.98. The van der Waals surface area contributed by atoms with Crippen LogP contribution in [0.5, 0.6) is 0 Å². The van der Waals surface area contributed by atoms with E-state index in [1.807, 2.05) is 0 Å². The van der Waals surface area contributed by atoms with Crippen molar-refractivity contribution < 1.29 is 10.2 Å². The summed E-state index contributed by atoms with van der Waals surface area (Å²) < 4.78 is 0. The molecule has 10 heavy (non-hydrogen) atoms. The molecule has 0 heterocycles. The van der Waals surface area contributed by atoms with E-state index in [4.69, 9.17) is 10.2 Å². The lowest BCUT2D eigenvalue weighted by atomic mass is 10.1. The molecule has 0 saturated carbocycles. The Balaban J connectivity index is 3.58. The van der Waals surface area contributed by atoms with Crippen LogP contribution in [0.3, 0.4) is 0 Å². The summed E-state index contributed by atoms with van der Waals surface area (Å²) in [6.45, 7) is 7.13. The molecule has 58 valence electrons. The van der Waals surface area contributed by atoms with Crippen molar-refractivity contribution in [2.75, 3.05) is 6.61 Å². The Hall–Kier alpha value is -0.600. The molecule has 2 nitrogen and oxygen atoms in total. The SMILES string of the molecule is C=CCC(O)C(=C)CCO. The van der Waals surface area contributed by atoms with Crippen LogP contribution in [0.1, 0.15) is 12.8 Å². The van der Waals surface area contributed by atoms with Crippen LogP contribution in [-0.2, 0) is 0 Å². The van der Waals surface area contributed by atoms with Crippen LogP contribution in [-0.4, -0.2) is 22.9 Å². The first kappa shape index (κ1) is 9.40. The zero-order valence-electron chi connectivity index (χ0n) is 6.08. The Morgan fingerprint density at radius 1 is 1.60 bits per heavy atom. The van der Waals surface area contributed by atoms with E-state index < -0.39 is 6.10 Å². The van der Waals surface area contributed by atoms with Crippen LogP contribution in [0.2, 0.25) is 0 Å². The van der Waals surface area contributed by atoms with Gasteiger partial charge in [0.1, 0.15) is 0 Å². The van der Waals surface area contributed by atoms with Crippen molar-refractivity contribution in [2.24, 2.45) is 0 Å². The van der Waals surface area contributed by atoms with Crippen LogP contribution in [0.25, 0.3) is 0 Å². The fraction of sp³-hybridized carbons (Fsp3) is 0.500. The van der Waals surface area contributed by atoms with E-state index in [0.29, 0.717) is 18.4 Å². The molecule has 0 spiro atoms. The first-order valence-corrected chi connectivity index (χ1v) is 3.29. The number of rotatable bonds is 5. The first-order chi connectivity index (χ1) is 4.72. The van der Waals surface area contributed by atoms with Crippen molar-refractivity contribution >= 4 is 0 Å². The highest BCUT2D eigenvalue weighted by atomic mass is 16.3. The lowest BCUT2D eigenvalue weighted by Gasteiger charge is -2.09. The van der Waals surface area contributed by atoms with Gasteiger partial charge in [0.2, 0.25) is 0 Å². The van der Waals surface area contributed by atoms with E-state index in [-0.39, 0.29) is 6.61 Å². The minimum absolute atomic E-state index is 0.0486. The average Bonchev–Trinajstić information content (AvgIpc) is 1.89. The topological polar surface area (TPSA) is 40.5 Å². The maximum Gasteiger partial charge on any atom is 0.0782 e. The molecule has 0 aromatic heterocycles. The van der Waals surface area contributed by atoms with Crippen molar-refractivity contribution in [3.05, 3.63) is 24.8 Å². The second-order valence-corrected chi connectivity index (χ2v) is 2.17. The normalized spacial score (nSPS) is 12.6. The van der Waals surface area contributed by atoms with Gasteiger partial charge in [0, 0.05) is 6.61 Å². The standard InChI is InChI=1S/C8H14O2/c1-3-4-8(10)7(2)5-6-9/h3,8-10H,1-2,4-6H2. The third-order valence-corrected chi connectivity index (χ3v) is 1.29. The van der Waals surface area contributed by atoms with Gasteiger partial charge in [-0.3, -0.25) is 0 Å². The molecule has 2 N–H and O–H groups in total. The minimum Gasteiger partial charge on any atom is -0.396 e. The predicted octanol–water partition coefficient (Wildman–Crippen LogP) is 0.862. The summed E-state index contributed by atoms with van der Waals surface area (Å²) >= 11 is 0. The van der Waals surface area contributed by atoms with Gasteiger partial charge < -0.3 is 10.2 Å². The Bertz CT molecular complexity index is 118. The average molecular weight is 142 g/mol. The van der Waals surface area contributed by atoms with Crippen LogP contribution in [0.15, 0.2) is 24.8 Å². The maximum absolute atomic E-state index is 9.17. The van der Waals surface area contributed by atoms with Gasteiger partial charge >= 0.3 is 0 Å². The maximum atomic E-state index is 9.17. The second-order valence-electron chi connectivity index (χ2n) is 2.17. The molecule has 0 aliphatic heterocycles. The summed E-state index contributed by atoms with van der Waals surface area (Å²) in [6, 6.07) is 0. The molecule has 0 bridgehead atoms. The van der Waals surface area contributed by atoms with Crippen molar-refractivity contribution in [3.63, 3.8) is 0 Å². The molecular formula is C8H14O2. The summed E-state index contributed by atoms with van der Waals surface area (Å²) in [5.74, 6) is 0. The van der Waals surface area contributed by atoms with E-state index in [0.717, 1.165) is 0 Å².